The second-order valence-electron chi connectivity index (χ2n) is 4.58. The monoisotopic (exact) mass is 265 g/mol. The number of furan rings is 1. The van der Waals surface area contributed by atoms with Crippen molar-refractivity contribution in [2.75, 3.05) is 39.3 Å². The Balaban J connectivity index is 1.65. The van der Waals surface area contributed by atoms with Gasteiger partial charge in [0, 0.05) is 46.2 Å². The molecule has 2 heterocycles. The first-order valence-electron chi connectivity index (χ1n) is 6.46. The molecular formula is C13H19N3O3. The summed E-state index contributed by atoms with van der Waals surface area (Å²) >= 11 is 0. The van der Waals surface area contributed by atoms with Crippen LogP contribution < -0.4 is 5.32 Å². The Hall–Kier alpha value is -1.82. The molecule has 1 saturated heterocycles. The van der Waals surface area contributed by atoms with Crippen molar-refractivity contribution in [3.05, 3.63) is 24.2 Å². The number of hydrogen-bond acceptors (Lipinski definition) is 4. The van der Waals surface area contributed by atoms with Gasteiger partial charge in [-0.3, -0.25) is 14.5 Å². The van der Waals surface area contributed by atoms with Gasteiger partial charge in [-0.05, 0) is 12.1 Å². The summed E-state index contributed by atoms with van der Waals surface area (Å²) in [5, 5.41) is 2.81. The van der Waals surface area contributed by atoms with Crippen LogP contribution in [-0.2, 0) is 4.79 Å². The molecule has 6 nitrogen and oxygen atoms in total. The number of nitrogens with one attached hydrogen (secondary N) is 1. The van der Waals surface area contributed by atoms with Gasteiger partial charge in [0.2, 0.25) is 5.91 Å². The van der Waals surface area contributed by atoms with Gasteiger partial charge in [0.1, 0.15) is 0 Å². The summed E-state index contributed by atoms with van der Waals surface area (Å²) in [6.45, 7) is 6.21. The van der Waals surface area contributed by atoms with Crippen molar-refractivity contribution in [2.45, 2.75) is 6.92 Å². The number of rotatable bonds is 4. The van der Waals surface area contributed by atoms with Crippen molar-refractivity contribution < 1.29 is 14.0 Å². The predicted octanol–water partition coefficient (Wildman–Crippen LogP) is 0.174. The topological polar surface area (TPSA) is 65.8 Å². The third kappa shape index (κ3) is 3.82. The Kier molecular flexibility index (Phi) is 4.57. The molecule has 1 N–H and O–H groups in total. The van der Waals surface area contributed by atoms with E-state index in [0.29, 0.717) is 12.3 Å². The van der Waals surface area contributed by atoms with Crippen LogP contribution in [-0.4, -0.2) is 60.9 Å². The normalized spacial score (nSPS) is 16.4. The van der Waals surface area contributed by atoms with E-state index in [1.54, 1.807) is 19.1 Å². The summed E-state index contributed by atoms with van der Waals surface area (Å²) in [6.07, 6.45) is 1.48. The lowest BCUT2D eigenvalue weighted by atomic mass is 10.3. The Bertz CT molecular complexity index is 422. The second kappa shape index (κ2) is 6.38. The van der Waals surface area contributed by atoms with Crippen LogP contribution in [0.25, 0.3) is 0 Å². The highest BCUT2D eigenvalue weighted by Gasteiger charge is 2.18. The van der Waals surface area contributed by atoms with Crippen molar-refractivity contribution in [1.29, 1.82) is 0 Å². The van der Waals surface area contributed by atoms with E-state index in [9.17, 15) is 9.59 Å². The van der Waals surface area contributed by atoms with E-state index in [-0.39, 0.29) is 11.8 Å². The molecular weight excluding hydrogens is 246 g/mol. The van der Waals surface area contributed by atoms with Crippen LogP contribution in [0.4, 0.5) is 0 Å². The number of carbonyl (C=O) groups excluding carboxylic acids is 2. The largest absolute Gasteiger partial charge is 0.459 e. The highest BCUT2D eigenvalue weighted by molar-refractivity contribution is 5.91. The minimum atomic E-state index is -0.188. The van der Waals surface area contributed by atoms with Gasteiger partial charge in [0.05, 0.1) is 6.26 Å². The van der Waals surface area contributed by atoms with Crippen LogP contribution in [0.5, 0.6) is 0 Å². The molecule has 0 bridgehead atoms. The van der Waals surface area contributed by atoms with Gasteiger partial charge in [0.25, 0.3) is 5.91 Å². The number of amides is 2. The zero-order chi connectivity index (χ0) is 13.7. The quantitative estimate of drug-likeness (QED) is 0.843. The Morgan fingerprint density at radius 1 is 1.32 bits per heavy atom. The molecule has 0 radical (unpaired) electrons. The van der Waals surface area contributed by atoms with Gasteiger partial charge >= 0.3 is 0 Å². The first-order chi connectivity index (χ1) is 9.16. The maximum absolute atomic E-state index is 11.6. The fourth-order valence-corrected chi connectivity index (χ4v) is 2.11. The molecule has 1 aromatic heterocycles. The molecule has 19 heavy (non-hydrogen) atoms. The van der Waals surface area contributed by atoms with Gasteiger partial charge in [-0.15, -0.1) is 0 Å². The Labute approximate surface area is 112 Å². The molecule has 1 aliphatic heterocycles. The summed E-state index contributed by atoms with van der Waals surface area (Å²) in [5.74, 6) is 0.277. The molecule has 0 aromatic carbocycles. The average molecular weight is 265 g/mol. The number of hydrogen-bond donors (Lipinski definition) is 1. The van der Waals surface area contributed by atoms with E-state index >= 15 is 0 Å². The first kappa shape index (κ1) is 13.6. The van der Waals surface area contributed by atoms with E-state index in [1.165, 1.54) is 6.26 Å². The molecule has 0 unspecified atom stereocenters. The minimum Gasteiger partial charge on any atom is -0.459 e. The fourth-order valence-electron chi connectivity index (χ4n) is 2.11. The van der Waals surface area contributed by atoms with E-state index in [2.05, 4.69) is 10.2 Å². The van der Waals surface area contributed by atoms with Crippen LogP contribution in [0, 0.1) is 0 Å². The maximum atomic E-state index is 11.6. The molecule has 6 heteroatoms. The number of carbonyl (C=O) groups is 2. The fraction of sp³-hybridized carbons (Fsp3) is 0.538. The zero-order valence-electron chi connectivity index (χ0n) is 11.1. The summed E-state index contributed by atoms with van der Waals surface area (Å²) in [7, 11) is 0. The smallest absolute Gasteiger partial charge is 0.287 e. The first-order valence-corrected chi connectivity index (χ1v) is 6.46. The van der Waals surface area contributed by atoms with E-state index in [0.717, 1.165) is 32.7 Å². The van der Waals surface area contributed by atoms with Crippen LogP contribution in [0.1, 0.15) is 17.5 Å². The summed E-state index contributed by atoms with van der Waals surface area (Å²) in [6, 6.07) is 3.33. The minimum absolute atomic E-state index is 0.130. The van der Waals surface area contributed by atoms with Crippen LogP contribution >= 0.6 is 0 Å². The van der Waals surface area contributed by atoms with Gasteiger partial charge in [-0.25, -0.2) is 0 Å². The van der Waals surface area contributed by atoms with E-state index in [1.807, 2.05) is 4.90 Å². The third-order valence-electron chi connectivity index (χ3n) is 3.28. The average Bonchev–Trinajstić information content (AvgIpc) is 2.93. The van der Waals surface area contributed by atoms with Gasteiger partial charge in [-0.2, -0.15) is 0 Å². The van der Waals surface area contributed by atoms with Crippen molar-refractivity contribution in [3.8, 4) is 0 Å². The molecule has 0 aliphatic carbocycles. The van der Waals surface area contributed by atoms with E-state index < -0.39 is 0 Å². The molecule has 2 amide bonds. The maximum Gasteiger partial charge on any atom is 0.287 e. The molecule has 0 saturated carbocycles. The van der Waals surface area contributed by atoms with Crippen molar-refractivity contribution >= 4 is 11.8 Å². The van der Waals surface area contributed by atoms with Gasteiger partial charge < -0.3 is 14.6 Å². The molecule has 0 atom stereocenters. The van der Waals surface area contributed by atoms with Crippen LogP contribution in [0.3, 0.4) is 0 Å². The Morgan fingerprint density at radius 2 is 2.05 bits per heavy atom. The van der Waals surface area contributed by atoms with Crippen LogP contribution in [0.2, 0.25) is 0 Å². The lowest BCUT2D eigenvalue weighted by Crippen LogP contribution is -2.49. The second-order valence-corrected chi connectivity index (χ2v) is 4.58. The molecule has 104 valence electrons. The highest BCUT2D eigenvalue weighted by Crippen LogP contribution is 2.02. The molecule has 0 spiro atoms. The van der Waals surface area contributed by atoms with Crippen molar-refractivity contribution in [3.63, 3.8) is 0 Å². The summed E-state index contributed by atoms with van der Waals surface area (Å²) in [4.78, 5) is 26.9. The SMILES string of the molecule is CC(=O)N1CCN(CCNC(=O)c2ccco2)CC1. The van der Waals surface area contributed by atoms with Crippen molar-refractivity contribution in [1.82, 2.24) is 15.1 Å². The molecule has 1 aliphatic rings. The zero-order valence-corrected chi connectivity index (χ0v) is 11.1. The lowest BCUT2D eigenvalue weighted by Gasteiger charge is -2.34. The molecule has 1 aromatic rings. The molecule has 2 rings (SSSR count). The molecule has 1 fully saturated rings. The van der Waals surface area contributed by atoms with Crippen molar-refractivity contribution in [2.24, 2.45) is 0 Å². The summed E-state index contributed by atoms with van der Waals surface area (Å²) in [5.41, 5.74) is 0. The lowest BCUT2D eigenvalue weighted by molar-refractivity contribution is -0.130. The number of nitrogens with zero attached hydrogens (tertiary/aromatic N) is 2. The third-order valence-corrected chi connectivity index (χ3v) is 3.28. The highest BCUT2D eigenvalue weighted by atomic mass is 16.3. The van der Waals surface area contributed by atoms with Crippen LogP contribution in [0.15, 0.2) is 22.8 Å². The van der Waals surface area contributed by atoms with Gasteiger partial charge in [-0.1, -0.05) is 0 Å². The summed E-state index contributed by atoms with van der Waals surface area (Å²) < 4.78 is 5.01. The Morgan fingerprint density at radius 3 is 2.63 bits per heavy atom. The van der Waals surface area contributed by atoms with Gasteiger partial charge in [0.15, 0.2) is 5.76 Å². The van der Waals surface area contributed by atoms with E-state index in [4.69, 9.17) is 4.42 Å². The standard InChI is InChI=1S/C13H19N3O3/c1-11(17)16-8-6-15(7-9-16)5-4-14-13(18)12-3-2-10-19-12/h2-3,10H,4-9H2,1H3,(H,14,18). The predicted molar refractivity (Wildman–Crippen MR) is 69.7 cm³/mol. The number of piperazine rings is 1.